The van der Waals surface area contributed by atoms with Crippen LogP contribution in [0.1, 0.15) is 25.0 Å². The van der Waals surface area contributed by atoms with Crippen LogP contribution in [0.4, 0.5) is 0 Å². The fourth-order valence-corrected chi connectivity index (χ4v) is 8.81. The number of fused-ring (bicyclic) bond motifs is 6. The molecular weight excluding hydrogens is 577 g/mol. The van der Waals surface area contributed by atoms with Gasteiger partial charge in [0.05, 0.1) is 0 Å². The molecule has 0 unspecified atom stereocenters. The Morgan fingerprint density at radius 2 is 0.935 bits per heavy atom. The Labute approximate surface area is 272 Å². The molecule has 2 nitrogen and oxygen atoms in total. The molecule has 46 heavy (non-hydrogen) atoms. The van der Waals surface area contributed by atoms with Crippen LogP contribution in [0.2, 0.25) is 0 Å². The maximum atomic E-state index is 4.27. The van der Waals surface area contributed by atoms with Gasteiger partial charge in [-0.2, -0.15) is 0 Å². The van der Waals surface area contributed by atoms with Crippen molar-refractivity contribution >= 4 is 31.5 Å². The summed E-state index contributed by atoms with van der Waals surface area (Å²) in [6.45, 7) is 4.71. The molecule has 0 radical (unpaired) electrons. The second-order valence-corrected chi connectivity index (χ2v) is 13.7. The van der Waals surface area contributed by atoms with Crippen LogP contribution in [0, 0.1) is 0 Å². The van der Waals surface area contributed by atoms with Crippen molar-refractivity contribution in [3.8, 4) is 55.6 Å². The standard InChI is InChI=1S/C43H30N2S/c1-43(2)38-14-4-3-8-37(38)40-33(10-7-15-39(40)43)34-11-6-13-36-35-12-5-9-32(41(35)46-42(34)36)31-25-29(27-16-20-44-21-17-27)24-30(26-31)28-18-22-45-23-19-28/h3-26H,1-2H3. The zero-order valence-electron chi connectivity index (χ0n) is 25.7. The van der Waals surface area contributed by atoms with Gasteiger partial charge in [0, 0.05) is 55.9 Å². The van der Waals surface area contributed by atoms with Crippen LogP contribution >= 0.6 is 11.3 Å². The van der Waals surface area contributed by atoms with Crippen molar-refractivity contribution in [3.05, 3.63) is 157 Å². The molecule has 5 aromatic carbocycles. The van der Waals surface area contributed by atoms with Gasteiger partial charge < -0.3 is 0 Å². The lowest BCUT2D eigenvalue weighted by molar-refractivity contribution is 0.660. The first-order valence-corrected chi connectivity index (χ1v) is 16.5. The Morgan fingerprint density at radius 1 is 0.435 bits per heavy atom. The largest absolute Gasteiger partial charge is 0.265 e. The molecule has 9 rings (SSSR count). The third kappa shape index (κ3) is 4.09. The molecule has 1 aliphatic rings. The molecule has 0 aliphatic heterocycles. The molecule has 218 valence electrons. The minimum Gasteiger partial charge on any atom is -0.265 e. The van der Waals surface area contributed by atoms with E-state index in [9.17, 15) is 0 Å². The Balaban J connectivity index is 1.28. The quantitative estimate of drug-likeness (QED) is 0.199. The summed E-state index contributed by atoms with van der Waals surface area (Å²) >= 11 is 1.91. The van der Waals surface area contributed by atoms with Crippen molar-refractivity contribution in [1.29, 1.82) is 0 Å². The highest BCUT2D eigenvalue weighted by molar-refractivity contribution is 7.26. The first-order chi connectivity index (χ1) is 22.6. The van der Waals surface area contributed by atoms with Gasteiger partial charge in [0.2, 0.25) is 0 Å². The van der Waals surface area contributed by atoms with Gasteiger partial charge in [0.25, 0.3) is 0 Å². The van der Waals surface area contributed by atoms with Crippen molar-refractivity contribution in [2.75, 3.05) is 0 Å². The topological polar surface area (TPSA) is 25.8 Å². The maximum Gasteiger partial charge on any atom is 0.0434 e. The van der Waals surface area contributed by atoms with Crippen LogP contribution in [0.3, 0.4) is 0 Å². The molecule has 3 heteroatoms. The zero-order chi connectivity index (χ0) is 30.8. The molecule has 0 fully saturated rings. The Hall–Kier alpha value is -5.38. The molecule has 0 spiro atoms. The highest BCUT2D eigenvalue weighted by Gasteiger charge is 2.36. The maximum absolute atomic E-state index is 4.27. The molecule has 0 amide bonds. The highest BCUT2D eigenvalue weighted by Crippen LogP contribution is 2.53. The number of thiophene rings is 1. The van der Waals surface area contributed by atoms with Crippen LogP contribution in [0.25, 0.3) is 75.8 Å². The lowest BCUT2D eigenvalue weighted by Crippen LogP contribution is -2.14. The summed E-state index contributed by atoms with van der Waals surface area (Å²) in [7, 11) is 0. The second kappa shape index (κ2) is 10.3. The normalized spacial score (nSPS) is 13.2. The van der Waals surface area contributed by atoms with E-state index < -0.39 is 0 Å². The number of aromatic nitrogens is 2. The number of benzene rings is 5. The summed E-state index contributed by atoms with van der Waals surface area (Å²) in [6, 6.07) is 44.7. The van der Waals surface area contributed by atoms with Crippen molar-refractivity contribution in [2.45, 2.75) is 19.3 Å². The minimum absolute atomic E-state index is 0.0322. The number of rotatable bonds is 4. The van der Waals surface area contributed by atoms with Crippen molar-refractivity contribution in [1.82, 2.24) is 9.97 Å². The summed E-state index contributed by atoms with van der Waals surface area (Å²) in [5, 5.41) is 2.61. The van der Waals surface area contributed by atoms with Gasteiger partial charge in [-0.25, -0.2) is 0 Å². The van der Waals surface area contributed by atoms with E-state index in [1.165, 1.54) is 75.8 Å². The van der Waals surface area contributed by atoms with E-state index in [2.05, 4.69) is 145 Å². The summed E-state index contributed by atoms with van der Waals surface area (Å²) < 4.78 is 2.64. The van der Waals surface area contributed by atoms with Crippen LogP contribution < -0.4 is 0 Å². The molecule has 8 aromatic rings. The minimum atomic E-state index is -0.0322. The highest BCUT2D eigenvalue weighted by atomic mass is 32.1. The van der Waals surface area contributed by atoms with Crippen molar-refractivity contribution in [3.63, 3.8) is 0 Å². The van der Waals surface area contributed by atoms with Gasteiger partial charge in [-0.1, -0.05) is 92.7 Å². The smallest absolute Gasteiger partial charge is 0.0434 e. The fraction of sp³-hybridized carbons (Fsp3) is 0.0698. The molecule has 0 N–H and O–H groups in total. The molecular formula is C43H30N2S. The zero-order valence-corrected chi connectivity index (χ0v) is 26.5. The third-order valence-electron chi connectivity index (χ3n) is 9.69. The van der Waals surface area contributed by atoms with E-state index in [0.717, 1.165) is 11.1 Å². The molecule has 3 heterocycles. The van der Waals surface area contributed by atoms with Gasteiger partial charge in [-0.05, 0) is 104 Å². The van der Waals surface area contributed by atoms with E-state index in [0.29, 0.717) is 0 Å². The van der Waals surface area contributed by atoms with Crippen LogP contribution in [-0.4, -0.2) is 9.97 Å². The number of nitrogens with zero attached hydrogens (tertiary/aromatic N) is 2. The Bertz CT molecular complexity index is 2380. The molecule has 0 atom stereocenters. The fourth-order valence-electron chi connectivity index (χ4n) is 7.44. The molecule has 0 saturated carbocycles. The number of hydrogen-bond donors (Lipinski definition) is 0. The first-order valence-electron chi connectivity index (χ1n) is 15.7. The monoisotopic (exact) mass is 606 g/mol. The number of hydrogen-bond acceptors (Lipinski definition) is 3. The van der Waals surface area contributed by atoms with Gasteiger partial charge in [0.1, 0.15) is 0 Å². The molecule has 1 aliphatic carbocycles. The van der Waals surface area contributed by atoms with Crippen LogP contribution in [-0.2, 0) is 5.41 Å². The summed E-state index contributed by atoms with van der Waals surface area (Å²) in [5.74, 6) is 0. The first kappa shape index (κ1) is 27.0. The van der Waals surface area contributed by atoms with Crippen LogP contribution in [0.15, 0.2) is 146 Å². The van der Waals surface area contributed by atoms with Crippen LogP contribution in [0.5, 0.6) is 0 Å². The van der Waals surface area contributed by atoms with Gasteiger partial charge in [-0.3, -0.25) is 9.97 Å². The molecule has 0 bridgehead atoms. The summed E-state index contributed by atoms with van der Waals surface area (Å²) in [5.41, 5.74) is 15.2. The van der Waals surface area contributed by atoms with E-state index in [1.807, 2.05) is 36.1 Å². The Morgan fingerprint density at radius 3 is 1.61 bits per heavy atom. The van der Waals surface area contributed by atoms with Crippen molar-refractivity contribution < 1.29 is 0 Å². The van der Waals surface area contributed by atoms with E-state index in [-0.39, 0.29) is 5.41 Å². The van der Waals surface area contributed by atoms with Gasteiger partial charge >= 0.3 is 0 Å². The second-order valence-electron chi connectivity index (χ2n) is 12.6. The van der Waals surface area contributed by atoms with Gasteiger partial charge in [0.15, 0.2) is 0 Å². The van der Waals surface area contributed by atoms with Crippen molar-refractivity contribution in [2.24, 2.45) is 0 Å². The summed E-state index contributed by atoms with van der Waals surface area (Å²) in [4.78, 5) is 8.53. The average molecular weight is 607 g/mol. The Kier molecular flexibility index (Phi) is 6.06. The predicted molar refractivity (Wildman–Crippen MR) is 194 cm³/mol. The van der Waals surface area contributed by atoms with Gasteiger partial charge in [-0.15, -0.1) is 11.3 Å². The molecule has 0 saturated heterocycles. The lowest BCUT2D eigenvalue weighted by Gasteiger charge is -2.21. The SMILES string of the molecule is CC1(C)c2ccccc2-c2c(-c3cccc4c3sc3c(-c5cc(-c6ccncc6)cc(-c6ccncc6)c5)cccc34)cccc21. The van der Waals surface area contributed by atoms with E-state index in [1.54, 1.807) is 0 Å². The number of pyridine rings is 2. The van der Waals surface area contributed by atoms with E-state index in [4.69, 9.17) is 0 Å². The third-order valence-corrected chi connectivity index (χ3v) is 11.0. The predicted octanol–water partition coefficient (Wildman–Crippen LogP) is 11.8. The van der Waals surface area contributed by atoms with E-state index >= 15 is 0 Å². The lowest BCUT2D eigenvalue weighted by atomic mass is 9.82. The average Bonchev–Trinajstić information content (AvgIpc) is 3.61. The summed E-state index contributed by atoms with van der Waals surface area (Å²) in [6.07, 6.45) is 7.45. The molecule has 3 aromatic heterocycles.